The monoisotopic (exact) mass is 291 g/mol. The van der Waals surface area contributed by atoms with Crippen molar-refractivity contribution in [2.45, 2.75) is 70.9 Å². The molecule has 1 aromatic rings. The molecular weight excluding hydrogens is 262 g/mol. The van der Waals surface area contributed by atoms with Gasteiger partial charge < -0.3 is 10.5 Å². The number of nitrogens with two attached hydrogens (primary N) is 1. The molecule has 0 fully saturated rings. The lowest BCUT2D eigenvalue weighted by atomic mass is 10.1. The van der Waals surface area contributed by atoms with Crippen LogP contribution in [0.15, 0.2) is 30.3 Å². The molecule has 0 aliphatic rings. The number of unbranched alkanes of at least 4 members (excludes halogenated alkanes) is 3. The first-order valence-corrected chi connectivity index (χ1v) is 8.13. The third kappa shape index (κ3) is 7.86. The van der Waals surface area contributed by atoms with Crippen molar-refractivity contribution < 1.29 is 9.53 Å². The third-order valence-corrected chi connectivity index (χ3v) is 3.67. The van der Waals surface area contributed by atoms with E-state index < -0.39 is 6.04 Å². The number of carbonyl (C=O) groups is 1. The SMILES string of the molecule is CCCCCCC(C)OC(=O)[C@@H](N)CCc1ccccc1. The Morgan fingerprint density at radius 1 is 1.14 bits per heavy atom. The maximum Gasteiger partial charge on any atom is 0.323 e. The van der Waals surface area contributed by atoms with E-state index in [4.69, 9.17) is 10.5 Å². The van der Waals surface area contributed by atoms with Crippen LogP contribution in [0.4, 0.5) is 0 Å². The van der Waals surface area contributed by atoms with Crippen molar-refractivity contribution in [3.63, 3.8) is 0 Å². The lowest BCUT2D eigenvalue weighted by molar-refractivity contribution is -0.150. The van der Waals surface area contributed by atoms with Crippen LogP contribution in [-0.2, 0) is 16.0 Å². The fraction of sp³-hybridized carbons (Fsp3) is 0.611. The number of rotatable bonds is 10. The van der Waals surface area contributed by atoms with E-state index in [9.17, 15) is 4.79 Å². The Morgan fingerprint density at radius 2 is 1.86 bits per heavy atom. The van der Waals surface area contributed by atoms with Crippen LogP contribution in [0.1, 0.15) is 57.9 Å². The zero-order valence-corrected chi connectivity index (χ0v) is 13.4. The fourth-order valence-corrected chi connectivity index (χ4v) is 2.29. The van der Waals surface area contributed by atoms with Gasteiger partial charge in [-0.3, -0.25) is 4.79 Å². The van der Waals surface area contributed by atoms with Crippen molar-refractivity contribution in [1.82, 2.24) is 0 Å². The first-order chi connectivity index (χ1) is 10.1. The van der Waals surface area contributed by atoms with E-state index in [0.29, 0.717) is 6.42 Å². The van der Waals surface area contributed by atoms with Gasteiger partial charge in [0.1, 0.15) is 6.04 Å². The zero-order valence-electron chi connectivity index (χ0n) is 13.4. The lowest BCUT2D eigenvalue weighted by Gasteiger charge is -2.16. The molecule has 2 atom stereocenters. The van der Waals surface area contributed by atoms with E-state index in [-0.39, 0.29) is 12.1 Å². The van der Waals surface area contributed by atoms with E-state index in [2.05, 4.69) is 19.1 Å². The van der Waals surface area contributed by atoms with Gasteiger partial charge in [0, 0.05) is 0 Å². The molecule has 3 nitrogen and oxygen atoms in total. The van der Waals surface area contributed by atoms with Gasteiger partial charge >= 0.3 is 5.97 Å². The quantitative estimate of drug-likeness (QED) is 0.526. The predicted octanol–water partition coefficient (Wildman–Crippen LogP) is 3.85. The maximum atomic E-state index is 11.9. The molecule has 0 aliphatic carbocycles. The molecular formula is C18H29NO2. The van der Waals surface area contributed by atoms with Gasteiger partial charge in [-0.25, -0.2) is 0 Å². The molecule has 0 aliphatic heterocycles. The minimum atomic E-state index is -0.525. The fourth-order valence-electron chi connectivity index (χ4n) is 2.29. The predicted molar refractivity (Wildman–Crippen MR) is 87.1 cm³/mol. The Morgan fingerprint density at radius 3 is 2.52 bits per heavy atom. The average Bonchev–Trinajstić information content (AvgIpc) is 2.50. The van der Waals surface area contributed by atoms with E-state index in [1.807, 2.05) is 25.1 Å². The van der Waals surface area contributed by atoms with E-state index in [0.717, 1.165) is 19.3 Å². The Labute approximate surface area is 128 Å². The molecule has 0 aromatic heterocycles. The Kier molecular flexibility index (Phi) is 8.76. The number of benzene rings is 1. The summed E-state index contributed by atoms with van der Waals surface area (Å²) in [6, 6.07) is 9.55. The number of aryl methyl sites for hydroxylation is 1. The van der Waals surface area contributed by atoms with Crippen LogP contribution in [0.2, 0.25) is 0 Å². The summed E-state index contributed by atoms with van der Waals surface area (Å²) in [5, 5.41) is 0. The number of carbonyl (C=O) groups excluding carboxylic acids is 1. The van der Waals surface area contributed by atoms with Gasteiger partial charge in [0.05, 0.1) is 6.10 Å². The highest BCUT2D eigenvalue weighted by atomic mass is 16.5. The van der Waals surface area contributed by atoms with E-state index in [1.165, 1.54) is 24.8 Å². The van der Waals surface area contributed by atoms with Gasteiger partial charge in [-0.2, -0.15) is 0 Å². The van der Waals surface area contributed by atoms with Crippen molar-refractivity contribution in [3.05, 3.63) is 35.9 Å². The van der Waals surface area contributed by atoms with Crippen molar-refractivity contribution in [2.24, 2.45) is 5.73 Å². The number of ether oxygens (including phenoxy) is 1. The first kappa shape index (κ1) is 17.7. The van der Waals surface area contributed by atoms with Gasteiger partial charge in [-0.15, -0.1) is 0 Å². The molecule has 0 spiro atoms. The van der Waals surface area contributed by atoms with Crippen LogP contribution in [0.25, 0.3) is 0 Å². The Balaban J connectivity index is 2.21. The van der Waals surface area contributed by atoms with Crippen LogP contribution in [0.5, 0.6) is 0 Å². The molecule has 1 unspecified atom stereocenters. The van der Waals surface area contributed by atoms with Crippen molar-refractivity contribution in [1.29, 1.82) is 0 Å². The molecule has 1 aromatic carbocycles. The van der Waals surface area contributed by atoms with E-state index >= 15 is 0 Å². The summed E-state index contributed by atoms with van der Waals surface area (Å²) in [4.78, 5) is 11.9. The molecule has 21 heavy (non-hydrogen) atoms. The summed E-state index contributed by atoms with van der Waals surface area (Å²) in [5.41, 5.74) is 7.12. The van der Waals surface area contributed by atoms with Crippen LogP contribution < -0.4 is 5.73 Å². The highest BCUT2D eigenvalue weighted by Gasteiger charge is 2.17. The molecule has 3 heteroatoms. The molecule has 0 saturated heterocycles. The lowest BCUT2D eigenvalue weighted by Crippen LogP contribution is -2.34. The standard InChI is InChI=1S/C18H29NO2/c1-3-4-5-7-10-15(2)21-18(20)17(19)14-13-16-11-8-6-9-12-16/h6,8-9,11-12,15,17H,3-5,7,10,13-14,19H2,1-2H3/t15?,17-/m0/s1. The summed E-state index contributed by atoms with van der Waals surface area (Å²) >= 11 is 0. The Hall–Kier alpha value is -1.35. The van der Waals surface area contributed by atoms with E-state index in [1.54, 1.807) is 0 Å². The minimum absolute atomic E-state index is 0.0304. The van der Waals surface area contributed by atoms with Gasteiger partial charge in [0.25, 0.3) is 0 Å². The summed E-state index contributed by atoms with van der Waals surface area (Å²) in [6.45, 7) is 4.14. The van der Waals surface area contributed by atoms with Crippen molar-refractivity contribution >= 4 is 5.97 Å². The van der Waals surface area contributed by atoms with Gasteiger partial charge in [0.2, 0.25) is 0 Å². The smallest absolute Gasteiger partial charge is 0.323 e. The average molecular weight is 291 g/mol. The summed E-state index contributed by atoms with van der Waals surface area (Å²) in [5.74, 6) is -0.270. The normalized spacial score (nSPS) is 13.7. The van der Waals surface area contributed by atoms with Crippen LogP contribution in [0.3, 0.4) is 0 Å². The van der Waals surface area contributed by atoms with Crippen LogP contribution >= 0.6 is 0 Å². The second-order valence-corrected chi connectivity index (χ2v) is 5.73. The number of esters is 1. The maximum absolute atomic E-state index is 11.9. The second-order valence-electron chi connectivity index (χ2n) is 5.73. The van der Waals surface area contributed by atoms with Gasteiger partial charge in [-0.1, -0.05) is 56.5 Å². The van der Waals surface area contributed by atoms with Gasteiger partial charge in [-0.05, 0) is 38.2 Å². The second kappa shape index (κ2) is 10.4. The zero-order chi connectivity index (χ0) is 15.5. The highest BCUT2D eigenvalue weighted by Crippen LogP contribution is 2.10. The molecule has 0 bridgehead atoms. The van der Waals surface area contributed by atoms with Crippen LogP contribution in [0, 0.1) is 0 Å². The third-order valence-electron chi connectivity index (χ3n) is 3.67. The topological polar surface area (TPSA) is 52.3 Å². The highest BCUT2D eigenvalue weighted by molar-refractivity contribution is 5.75. The molecule has 118 valence electrons. The first-order valence-electron chi connectivity index (χ1n) is 8.13. The van der Waals surface area contributed by atoms with Crippen molar-refractivity contribution in [2.75, 3.05) is 0 Å². The van der Waals surface area contributed by atoms with Crippen molar-refractivity contribution in [3.8, 4) is 0 Å². The number of hydrogen-bond donors (Lipinski definition) is 1. The van der Waals surface area contributed by atoms with Crippen LogP contribution in [-0.4, -0.2) is 18.1 Å². The largest absolute Gasteiger partial charge is 0.462 e. The molecule has 0 radical (unpaired) electrons. The summed E-state index contributed by atoms with van der Waals surface area (Å²) < 4.78 is 5.42. The summed E-state index contributed by atoms with van der Waals surface area (Å²) in [7, 11) is 0. The molecule has 0 amide bonds. The summed E-state index contributed by atoms with van der Waals surface area (Å²) in [6.07, 6.45) is 7.12. The molecule has 0 saturated carbocycles. The van der Waals surface area contributed by atoms with Gasteiger partial charge in [0.15, 0.2) is 0 Å². The Bertz CT molecular complexity index is 391. The molecule has 2 N–H and O–H groups in total. The number of hydrogen-bond acceptors (Lipinski definition) is 3. The molecule has 0 heterocycles. The molecule has 1 rings (SSSR count). The minimum Gasteiger partial charge on any atom is -0.462 e.